The van der Waals surface area contributed by atoms with Crippen LogP contribution < -0.4 is 16.0 Å². The number of para-hydroxylation sites is 1. The Morgan fingerprint density at radius 2 is 1.49 bits per heavy atom. The van der Waals surface area contributed by atoms with Crippen LogP contribution >= 0.6 is 23.4 Å². The number of benzene rings is 4. The van der Waals surface area contributed by atoms with Crippen LogP contribution in [-0.2, 0) is 15.8 Å². The minimum atomic E-state index is -4.61. The van der Waals surface area contributed by atoms with Crippen molar-refractivity contribution < 1.29 is 31.9 Å². The van der Waals surface area contributed by atoms with E-state index in [4.69, 9.17) is 11.6 Å². The molecule has 0 unspecified atom stereocenters. The molecule has 0 bridgehead atoms. The fraction of sp³-hybridized carbons (Fsp3) is 0.0645. The first-order chi connectivity index (χ1) is 20.5. The van der Waals surface area contributed by atoms with Gasteiger partial charge in [0.25, 0.3) is 11.8 Å². The van der Waals surface area contributed by atoms with E-state index in [0.717, 1.165) is 30.0 Å². The van der Waals surface area contributed by atoms with Crippen molar-refractivity contribution in [3.05, 3.63) is 130 Å². The van der Waals surface area contributed by atoms with Gasteiger partial charge in [0.1, 0.15) is 11.5 Å². The predicted octanol–water partition coefficient (Wildman–Crippen LogP) is 7.64. The monoisotopic (exact) mass is 627 g/mol. The zero-order valence-electron chi connectivity index (χ0n) is 22.0. The normalized spacial score (nSPS) is 11.5. The lowest BCUT2D eigenvalue weighted by Gasteiger charge is -2.13. The third-order valence-corrected chi connectivity index (χ3v) is 7.15. The molecule has 43 heavy (non-hydrogen) atoms. The number of amides is 3. The van der Waals surface area contributed by atoms with E-state index in [1.54, 1.807) is 42.5 Å². The third-order valence-electron chi connectivity index (χ3n) is 5.81. The lowest BCUT2D eigenvalue weighted by atomic mass is 10.1. The van der Waals surface area contributed by atoms with Crippen LogP contribution in [0.5, 0.6) is 0 Å². The van der Waals surface area contributed by atoms with Gasteiger partial charge in [-0.15, -0.1) is 11.8 Å². The Morgan fingerprint density at radius 1 is 0.814 bits per heavy atom. The number of carbonyl (C=O) groups excluding carboxylic acids is 3. The van der Waals surface area contributed by atoms with E-state index in [1.165, 1.54) is 42.5 Å². The number of nitrogens with one attached hydrogen (secondary N) is 3. The van der Waals surface area contributed by atoms with Crippen LogP contribution in [0.15, 0.2) is 108 Å². The summed E-state index contributed by atoms with van der Waals surface area (Å²) in [5, 5.41) is 7.43. The van der Waals surface area contributed by atoms with Crippen molar-refractivity contribution >= 4 is 58.5 Å². The van der Waals surface area contributed by atoms with Gasteiger partial charge < -0.3 is 16.0 Å². The quantitative estimate of drug-likeness (QED) is 0.101. The molecule has 220 valence electrons. The molecular weight excluding hydrogens is 606 g/mol. The second-order valence-corrected chi connectivity index (χ2v) is 10.3. The number of alkyl halides is 3. The van der Waals surface area contributed by atoms with E-state index in [2.05, 4.69) is 16.0 Å². The molecule has 12 heteroatoms. The highest BCUT2D eigenvalue weighted by Crippen LogP contribution is 2.34. The van der Waals surface area contributed by atoms with Crippen LogP contribution in [0.1, 0.15) is 21.5 Å². The van der Waals surface area contributed by atoms with E-state index in [1.807, 2.05) is 0 Å². The Hall–Kier alpha value is -4.61. The molecule has 0 atom stereocenters. The number of hydrogen-bond acceptors (Lipinski definition) is 4. The molecule has 0 aromatic heterocycles. The van der Waals surface area contributed by atoms with Gasteiger partial charge in [-0.1, -0.05) is 48.0 Å². The van der Waals surface area contributed by atoms with Crippen LogP contribution in [0.25, 0.3) is 6.08 Å². The second-order valence-electron chi connectivity index (χ2n) is 8.87. The molecule has 0 aliphatic rings. The Bertz CT molecular complexity index is 1640. The number of carbonyl (C=O) groups is 3. The summed E-state index contributed by atoms with van der Waals surface area (Å²) in [4.78, 5) is 38.9. The molecule has 0 aliphatic carbocycles. The minimum absolute atomic E-state index is 0.0339. The Labute approximate surface area is 253 Å². The van der Waals surface area contributed by atoms with E-state index in [-0.39, 0.29) is 33.3 Å². The molecule has 0 saturated heterocycles. The van der Waals surface area contributed by atoms with Crippen molar-refractivity contribution in [3.8, 4) is 0 Å². The largest absolute Gasteiger partial charge is 0.418 e. The molecular formula is C31H22ClF4N3O3S. The molecule has 4 rings (SSSR count). The summed E-state index contributed by atoms with van der Waals surface area (Å²) in [6.07, 6.45) is -3.48. The van der Waals surface area contributed by atoms with Crippen molar-refractivity contribution in [2.45, 2.75) is 11.1 Å². The van der Waals surface area contributed by atoms with Crippen LogP contribution in [0.4, 0.5) is 28.9 Å². The van der Waals surface area contributed by atoms with Crippen molar-refractivity contribution in [2.24, 2.45) is 0 Å². The zero-order valence-corrected chi connectivity index (χ0v) is 23.6. The van der Waals surface area contributed by atoms with E-state index in [9.17, 15) is 31.9 Å². The van der Waals surface area contributed by atoms with Crippen molar-refractivity contribution in [1.29, 1.82) is 0 Å². The van der Waals surface area contributed by atoms with E-state index < -0.39 is 35.3 Å². The lowest BCUT2D eigenvalue weighted by molar-refractivity contribution is -0.137. The summed E-state index contributed by atoms with van der Waals surface area (Å²) < 4.78 is 54.0. The molecule has 0 spiro atoms. The number of hydrogen-bond donors (Lipinski definition) is 3. The highest BCUT2D eigenvalue weighted by molar-refractivity contribution is 8.00. The van der Waals surface area contributed by atoms with Crippen molar-refractivity contribution in [1.82, 2.24) is 5.32 Å². The second kappa shape index (κ2) is 14.0. The molecule has 0 fully saturated rings. The summed E-state index contributed by atoms with van der Waals surface area (Å²) in [6.45, 7) is 0. The SMILES string of the molecule is O=C(CSc1ccc(NC(=O)/C(=C/c2c(F)cccc2Cl)NC(=O)c2ccccc2)cc1)Nc1ccccc1C(F)(F)F. The lowest BCUT2D eigenvalue weighted by Crippen LogP contribution is -2.30. The maximum absolute atomic E-state index is 14.5. The smallest absolute Gasteiger partial charge is 0.325 e. The highest BCUT2D eigenvalue weighted by Gasteiger charge is 2.33. The van der Waals surface area contributed by atoms with Gasteiger partial charge in [-0.25, -0.2) is 4.39 Å². The van der Waals surface area contributed by atoms with Gasteiger partial charge in [-0.2, -0.15) is 13.2 Å². The van der Waals surface area contributed by atoms with Gasteiger partial charge in [0.2, 0.25) is 5.91 Å². The van der Waals surface area contributed by atoms with Gasteiger partial charge in [0.05, 0.1) is 22.0 Å². The van der Waals surface area contributed by atoms with Crippen LogP contribution in [0.2, 0.25) is 5.02 Å². The summed E-state index contributed by atoms with van der Waals surface area (Å²) in [7, 11) is 0. The van der Waals surface area contributed by atoms with Crippen molar-refractivity contribution in [3.63, 3.8) is 0 Å². The van der Waals surface area contributed by atoms with E-state index >= 15 is 0 Å². The Morgan fingerprint density at radius 3 is 2.16 bits per heavy atom. The molecule has 0 heterocycles. The summed E-state index contributed by atoms with van der Waals surface area (Å²) in [5.41, 5.74) is -1.05. The highest BCUT2D eigenvalue weighted by atomic mass is 35.5. The molecule has 4 aromatic rings. The first-order valence-electron chi connectivity index (χ1n) is 12.5. The summed E-state index contributed by atoms with van der Waals surface area (Å²) in [6, 6.07) is 23.1. The molecule has 0 radical (unpaired) electrons. The summed E-state index contributed by atoms with van der Waals surface area (Å²) in [5.74, 6) is -2.85. The fourth-order valence-corrected chi connectivity index (χ4v) is 4.66. The average Bonchev–Trinajstić information content (AvgIpc) is 2.98. The maximum atomic E-state index is 14.5. The zero-order chi connectivity index (χ0) is 31.0. The standard InChI is InChI=1S/C31H22ClF4N3O3S/c32-24-10-6-11-25(33)22(24)17-27(39-29(41)19-7-2-1-3-8-19)30(42)37-20-13-15-21(16-14-20)43-18-28(40)38-26-12-5-4-9-23(26)31(34,35)36/h1-17H,18H2,(H,37,42)(H,38,40)(H,39,41)/b27-17-. The third kappa shape index (κ3) is 8.69. The summed E-state index contributed by atoms with van der Waals surface area (Å²) >= 11 is 7.20. The number of thioether (sulfide) groups is 1. The number of halogens is 5. The van der Waals surface area contributed by atoms with Gasteiger partial charge >= 0.3 is 6.18 Å². The molecule has 3 N–H and O–H groups in total. The van der Waals surface area contributed by atoms with E-state index in [0.29, 0.717) is 10.6 Å². The van der Waals surface area contributed by atoms with Crippen LogP contribution in [0.3, 0.4) is 0 Å². The Balaban J connectivity index is 1.43. The van der Waals surface area contributed by atoms with Crippen LogP contribution in [0, 0.1) is 5.82 Å². The number of rotatable bonds is 9. The molecule has 3 amide bonds. The van der Waals surface area contributed by atoms with Crippen LogP contribution in [-0.4, -0.2) is 23.5 Å². The first kappa shape index (κ1) is 31.3. The first-order valence-corrected chi connectivity index (χ1v) is 13.9. The van der Waals surface area contributed by atoms with Gasteiger partial charge in [-0.3, -0.25) is 14.4 Å². The average molecular weight is 628 g/mol. The fourth-order valence-electron chi connectivity index (χ4n) is 3.74. The maximum Gasteiger partial charge on any atom is 0.418 e. The van der Waals surface area contributed by atoms with Gasteiger partial charge in [0.15, 0.2) is 0 Å². The molecule has 0 aliphatic heterocycles. The topological polar surface area (TPSA) is 87.3 Å². The Kier molecular flexibility index (Phi) is 10.2. The van der Waals surface area contributed by atoms with Gasteiger partial charge in [0, 0.05) is 21.7 Å². The predicted molar refractivity (Wildman–Crippen MR) is 159 cm³/mol. The molecule has 4 aromatic carbocycles. The molecule has 0 saturated carbocycles. The number of anilines is 2. The minimum Gasteiger partial charge on any atom is -0.325 e. The molecule has 6 nitrogen and oxygen atoms in total. The van der Waals surface area contributed by atoms with Crippen molar-refractivity contribution in [2.75, 3.05) is 16.4 Å². The van der Waals surface area contributed by atoms with Gasteiger partial charge in [-0.05, 0) is 66.7 Å².